The van der Waals surface area contributed by atoms with Crippen LogP contribution >= 0.6 is 0 Å². The summed E-state index contributed by atoms with van der Waals surface area (Å²) < 4.78 is 19.5. The number of piperazine rings is 1. The van der Waals surface area contributed by atoms with Crippen molar-refractivity contribution in [2.45, 2.75) is 65.6 Å². The van der Waals surface area contributed by atoms with Gasteiger partial charge >= 0.3 is 0 Å². The second kappa shape index (κ2) is 10.6. The lowest BCUT2D eigenvalue weighted by molar-refractivity contribution is -0.147. The predicted octanol–water partition coefficient (Wildman–Crippen LogP) is 5.06. The standard InChI is InChI=1S/C33H44FN5O2/c1-20-18-38(12-13-39(20)30-16-24-15-28(21(30)2)33(24,3)4)32(35)36-25-7-9-27-23(14-25)19-37(31(27)40)11-10-22-6-8-26(41-5)17-29(22)34/h6-9,14,17,20-21,24,28,30H,10-13,15-16,18-19H2,1-5H3,(H2,35,36)/t20-,21+,24-,28-,30-/m0/s1. The quantitative estimate of drug-likeness (QED) is 0.395. The van der Waals surface area contributed by atoms with Crippen molar-refractivity contribution in [3.05, 3.63) is 58.9 Å². The lowest BCUT2D eigenvalue weighted by Crippen LogP contribution is -2.65. The van der Waals surface area contributed by atoms with E-state index < -0.39 is 0 Å². The second-order valence-corrected chi connectivity index (χ2v) is 13.3. The third-order valence-corrected chi connectivity index (χ3v) is 10.9. The fourth-order valence-electron chi connectivity index (χ4n) is 8.17. The van der Waals surface area contributed by atoms with Gasteiger partial charge in [0.1, 0.15) is 11.6 Å². The number of nitrogens with zero attached hydrogens (tertiary/aromatic N) is 4. The normalized spacial score (nSPS) is 29.4. The molecule has 2 aliphatic heterocycles. The molecule has 7 rings (SSSR count). The molecule has 1 saturated heterocycles. The Bertz CT molecular complexity index is 1360. The zero-order valence-electron chi connectivity index (χ0n) is 25.1. The molecule has 2 N–H and O–H groups in total. The number of methoxy groups -OCH3 is 1. The van der Waals surface area contributed by atoms with Gasteiger partial charge in [0.2, 0.25) is 0 Å². The molecule has 3 aliphatic carbocycles. The Morgan fingerprint density at radius 2 is 1.95 bits per heavy atom. The Morgan fingerprint density at radius 3 is 2.63 bits per heavy atom. The van der Waals surface area contributed by atoms with Gasteiger partial charge in [0, 0.05) is 56.4 Å². The maximum Gasteiger partial charge on any atom is 0.254 e. The highest BCUT2D eigenvalue weighted by atomic mass is 19.1. The van der Waals surface area contributed by atoms with Crippen LogP contribution < -0.4 is 10.5 Å². The lowest BCUT2D eigenvalue weighted by atomic mass is 9.44. The zero-order chi connectivity index (χ0) is 29.1. The molecule has 0 aromatic heterocycles. The monoisotopic (exact) mass is 561 g/mol. The average Bonchev–Trinajstić information content (AvgIpc) is 3.26. The molecule has 220 valence electrons. The molecule has 8 heteroatoms. The van der Waals surface area contributed by atoms with Gasteiger partial charge in [-0.25, -0.2) is 9.38 Å². The maximum absolute atomic E-state index is 14.4. The van der Waals surface area contributed by atoms with E-state index >= 15 is 0 Å². The molecule has 2 bridgehead atoms. The summed E-state index contributed by atoms with van der Waals surface area (Å²) in [5.41, 5.74) is 9.99. The number of amides is 1. The summed E-state index contributed by atoms with van der Waals surface area (Å²) in [5, 5.41) is 0. The van der Waals surface area contributed by atoms with E-state index in [0.717, 1.165) is 48.6 Å². The summed E-state index contributed by atoms with van der Waals surface area (Å²) in [6.45, 7) is 13.4. The topological polar surface area (TPSA) is 74.4 Å². The number of aliphatic imine (C=N–C) groups is 1. The first-order valence-electron chi connectivity index (χ1n) is 15.2. The van der Waals surface area contributed by atoms with E-state index in [0.29, 0.717) is 59.8 Å². The number of carbonyl (C=O) groups excluding carboxylic acids is 1. The first kappa shape index (κ1) is 28.0. The minimum absolute atomic E-state index is 0.0275. The van der Waals surface area contributed by atoms with Crippen molar-refractivity contribution >= 4 is 17.6 Å². The van der Waals surface area contributed by atoms with Gasteiger partial charge in [-0.1, -0.05) is 26.8 Å². The summed E-state index contributed by atoms with van der Waals surface area (Å²) >= 11 is 0. The molecule has 41 heavy (non-hydrogen) atoms. The largest absolute Gasteiger partial charge is 0.497 e. The Hall–Kier alpha value is -3.13. The number of carbonyl (C=O) groups is 1. The molecule has 2 aromatic rings. The van der Waals surface area contributed by atoms with Crippen LogP contribution in [0.1, 0.15) is 62.0 Å². The highest BCUT2D eigenvalue weighted by Crippen LogP contribution is 2.62. The molecule has 7 nitrogen and oxygen atoms in total. The molecule has 3 saturated carbocycles. The summed E-state index contributed by atoms with van der Waals surface area (Å²) in [7, 11) is 1.52. The van der Waals surface area contributed by atoms with Gasteiger partial charge in [0.15, 0.2) is 5.96 Å². The van der Waals surface area contributed by atoms with E-state index in [1.807, 2.05) is 18.2 Å². The summed E-state index contributed by atoms with van der Waals surface area (Å²) in [5.74, 6) is 3.11. The van der Waals surface area contributed by atoms with E-state index in [-0.39, 0.29) is 11.7 Å². The predicted molar refractivity (Wildman–Crippen MR) is 160 cm³/mol. The molecule has 0 spiro atoms. The van der Waals surface area contributed by atoms with Crippen molar-refractivity contribution in [2.24, 2.45) is 33.9 Å². The molecule has 4 fully saturated rings. The van der Waals surface area contributed by atoms with Gasteiger partial charge in [0.25, 0.3) is 5.91 Å². The van der Waals surface area contributed by atoms with Gasteiger partial charge in [0.05, 0.1) is 12.8 Å². The van der Waals surface area contributed by atoms with E-state index in [4.69, 9.17) is 15.5 Å². The van der Waals surface area contributed by atoms with Crippen molar-refractivity contribution in [3.8, 4) is 5.75 Å². The van der Waals surface area contributed by atoms with Crippen LogP contribution in [-0.2, 0) is 13.0 Å². The number of guanidine groups is 1. The summed E-state index contributed by atoms with van der Waals surface area (Å²) in [6.07, 6.45) is 3.17. The van der Waals surface area contributed by atoms with E-state index in [1.54, 1.807) is 17.0 Å². The Labute approximate surface area is 243 Å². The molecule has 2 heterocycles. The summed E-state index contributed by atoms with van der Waals surface area (Å²) in [6, 6.07) is 11.6. The number of halogens is 1. The average molecular weight is 562 g/mol. The fraction of sp³-hybridized carbons (Fsp3) is 0.576. The minimum Gasteiger partial charge on any atom is -0.497 e. The van der Waals surface area contributed by atoms with E-state index in [2.05, 4.69) is 37.5 Å². The number of hydrogen-bond donors (Lipinski definition) is 1. The van der Waals surface area contributed by atoms with Crippen LogP contribution in [-0.4, -0.2) is 71.9 Å². The van der Waals surface area contributed by atoms with Crippen LogP contribution in [0.3, 0.4) is 0 Å². The molecule has 0 radical (unpaired) electrons. The van der Waals surface area contributed by atoms with Crippen LogP contribution in [0.15, 0.2) is 41.4 Å². The molecule has 5 atom stereocenters. The van der Waals surface area contributed by atoms with Crippen LogP contribution in [0.2, 0.25) is 0 Å². The number of benzene rings is 2. The third-order valence-electron chi connectivity index (χ3n) is 10.9. The Balaban J connectivity index is 1.06. The first-order valence-corrected chi connectivity index (χ1v) is 15.2. The first-order chi connectivity index (χ1) is 19.6. The SMILES string of the molecule is COc1ccc(CCN2Cc3cc(N=C(N)N4CCN([C@H]5C[C@@H]6C[C@@H]([C@H]5C)C6(C)C)[C@@H](C)C4)ccc3C2=O)c(F)c1. The molecule has 5 aliphatic rings. The van der Waals surface area contributed by atoms with E-state index in [9.17, 15) is 9.18 Å². The van der Waals surface area contributed by atoms with Crippen molar-refractivity contribution in [1.82, 2.24) is 14.7 Å². The van der Waals surface area contributed by atoms with E-state index in [1.165, 1.54) is 26.0 Å². The van der Waals surface area contributed by atoms with Gasteiger partial charge in [-0.3, -0.25) is 9.69 Å². The van der Waals surface area contributed by atoms with Gasteiger partial charge < -0.3 is 20.3 Å². The van der Waals surface area contributed by atoms with Crippen LogP contribution in [0.4, 0.5) is 10.1 Å². The minimum atomic E-state index is -0.315. The van der Waals surface area contributed by atoms with Crippen molar-refractivity contribution in [3.63, 3.8) is 0 Å². The molecule has 1 amide bonds. The van der Waals surface area contributed by atoms with Crippen molar-refractivity contribution in [1.29, 1.82) is 0 Å². The number of fused-ring (bicyclic) bond motifs is 3. The van der Waals surface area contributed by atoms with Gasteiger partial charge in [-0.15, -0.1) is 0 Å². The number of hydrogen-bond acceptors (Lipinski definition) is 4. The Kier molecular flexibility index (Phi) is 7.25. The highest BCUT2D eigenvalue weighted by Gasteiger charge is 2.57. The highest BCUT2D eigenvalue weighted by molar-refractivity contribution is 5.99. The number of rotatable bonds is 6. The lowest BCUT2D eigenvalue weighted by Gasteiger charge is -2.64. The zero-order valence-corrected chi connectivity index (χ0v) is 25.1. The summed E-state index contributed by atoms with van der Waals surface area (Å²) in [4.78, 5) is 24.5. The maximum atomic E-state index is 14.4. The van der Waals surface area contributed by atoms with Crippen LogP contribution in [0.25, 0.3) is 0 Å². The van der Waals surface area contributed by atoms with Crippen LogP contribution in [0.5, 0.6) is 5.75 Å². The van der Waals surface area contributed by atoms with Gasteiger partial charge in [-0.05, 0) is 84.7 Å². The molecular formula is C33H44FN5O2. The van der Waals surface area contributed by atoms with Crippen molar-refractivity contribution < 1.29 is 13.9 Å². The fourth-order valence-corrected chi connectivity index (χ4v) is 8.17. The smallest absolute Gasteiger partial charge is 0.254 e. The molecule has 0 unspecified atom stereocenters. The number of nitrogens with two attached hydrogens (primary N) is 1. The van der Waals surface area contributed by atoms with Crippen LogP contribution in [0, 0.1) is 29.0 Å². The van der Waals surface area contributed by atoms with Crippen molar-refractivity contribution in [2.75, 3.05) is 33.3 Å². The second-order valence-electron chi connectivity index (χ2n) is 13.3. The number of ether oxygens (including phenoxy) is 1. The third kappa shape index (κ3) is 4.98. The Morgan fingerprint density at radius 1 is 1.15 bits per heavy atom. The molecule has 2 aromatic carbocycles. The molecular weight excluding hydrogens is 517 g/mol. The van der Waals surface area contributed by atoms with Gasteiger partial charge in [-0.2, -0.15) is 0 Å².